The first-order valence-corrected chi connectivity index (χ1v) is 8.86. The second-order valence-electron chi connectivity index (χ2n) is 7.15. The van der Waals surface area contributed by atoms with Gasteiger partial charge in [-0.2, -0.15) is 0 Å². The van der Waals surface area contributed by atoms with Gasteiger partial charge in [-0.3, -0.25) is 4.90 Å². The van der Waals surface area contributed by atoms with E-state index in [9.17, 15) is 0 Å². The Labute approximate surface area is 119 Å². The van der Waals surface area contributed by atoms with Crippen LogP contribution in [-0.2, 0) is 0 Å². The van der Waals surface area contributed by atoms with Crippen LogP contribution in [0, 0.1) is 11.8 Å². The van der Waals surface area contributed by atoms with Gasteiger partial charge in [-0.15, -0.1) is 0 Å². The van der Waals surface area contributed by atoms with Crippen molar-refractivity contribution in [3.8, 4) is 0 Å². The number of likely N-dealkylation sites (tertiary alicyclic amines) is 1. The third-order valence-corrected chi connectivity index (χ3v) is 5.91. The summed E-state index contributed by atoms with van der Waals surface area (Å²) in [5, 5.41) is 3.80. The van der Waals surface area contributed by atoms with Crippen LogP contribution >= 0.6 is 0 Å². The van der Waals surface area contributed by atoms with Crippen LogP contribution in [0.15, 0.2) is 0 Å². The Bertz CT molecular complexity index is 278. The van der Waals surface area contributed by atoms with Crippen molar-refractivity contribution in [2.45, 2.75) is 76.8 Å². The molecular weight excluding hydrogens is 232 g/mol. The number of hydrogen-bond donors (Lipinski definition) is 1. The summed E-state index contributed by atoms with van der Waals surface area (Å²) in [4.78, 5) is 2.88. The summed E-state index contributed by atoms with van der Waals surface area (Å²) in [6.45, 7) is 6.28. The highest BCUT2D eigenvalue weighted by atomic mass is 15.2. The maximum atomic E-state index is 3.80. The molecule has 1 aliphatic heterocycles. The van der Waals surface area contributed by atoms with Crippen LogP contribution in [0.25, 0.3) is 0 Å². The lowest BCUT2D eigenvalue weighted by Crippen LogP contribution is -2.43. The summed E-state index contributed by atoms with van der Waals surface area (Å²) in [6, 6.07) is 1.78. The molecule has 110 valence electrons. The van der Waals surface area contributed by atoms with E-state index >= 15 is 0 Å². The molecule has 0 radical (unpaired) electrons. The average molecular weight is 264 g/mol. The Hall–Kier alpha value is -0.0800. The summed E-state index contributed by atoms with van der Waals surface area (Å²) in [7, 11) is 0. The quantitative estimate of drug-likeness (QED) is 0.818. The topological polar surface area (TPSA) is 15.3 Å². The monoisotopic (exact) mass is 264 g/mol. The average Bonchev–Trinajstić information content (AvgIpc) is 3.05. The van der Waals surface area contributed by atoms with Crippen molar-refractivity contribution < 1.29 is 0 Å². The summed E-state index contributed by atoms with van der Waals surface area (Å²) < 4.78 is 0. The van der Waals surface area contributed by atoms with Crippen LogP contribution in [0.4, 0.5) is 0 Å². The predicted molar refractivity (Wildman–Crippen MR) is 81.4 cm³/mol. The lowest BCUT2D eigenvalue weighted by Gasteiger charge is -2.34. The van der Waals surface area contributed by atoms with Crippen LogP contribution < -0.4 is 5.32 Å². The highest BCUT2D eigenvalue weighted by molar-refractivity contribution is 4.93. The van der Waals surface area contributed by atoms with E-state index in [1.807, 2.05) is 0 Å². The molecule has 0 aromatic rings. The van der Waals surface area contributed by atoms with Crippen molar-refractivity contribution in [2.24, 2.45) is 11.8 Å². The van der Waals surface area contributed by atoms with E-state index in [0.29, 0.717) is 0 Å². The minimum Gasteiger partial charge on any atom is -0.314 e. The molecule has 3 aliphatic rings. The molecule has 0 bridgehead atoms. The van der Waals surface area contributed by atoms with Crippen molar-refractivity contribution in [3.63, 3.8) is 0 Å². The van der Waals surface area contributed by atoms with Crippen LogP contribution in [0.5, 0.6) is 0 Å². The molecule has 2 saturated carbocycles. The minimum atomic E-state index is 0.822. The zero-order valence-electron chi connectivity index (χ0n) is 12.7. The molecule has 2 aliphatic carbocycles. The van der Waals surface area contributed by atoms with Crippen molar-refractivity contribution in [3.05, 3.63) is 0 Å². The lowest BCUT2D eigenvalue weighted by molar-refractivity contribution is 0.152. The SMILES string of the molecule is CCCNC1CCCC1CN1CCC2CCCCC21. The minimum absolute atomic E-state index is 0.822. The number of hydrogen-bond acceptors (Lipinski definition) is 2. The molecular formula is C17H32N2. The second-order valence-corrected chi connectivity index (χ2v) is 7.15. The van der Waals surface area contributed by atoms with E-state index in [2.05, 4.69) is 17.1 Å². The van der Waals surface area contributed by atoms with Crippen molar-refractivity contribution in [2.75, 3.05) is 19.6 Å². The second kappa shape index (κ2) is 6.58. The summed E-state index contributed by atoms with van der Waals surface area (Å²) >= 11 is 0. The molecule has 4 unspecified atom stereocenters. The van der Waals surface area contributed by atoms with Gasteiger partial charge in [0.25, 0.3) is 0 Å². The van der Waals surface area contributed by atoms with Crippen LogP contribution in [0.1, 0.15) is 64.7 Å². The van der Waals surface area contributed by atoms with E-state index in [4.69, 9.17) is 0 Å². The van der Waals surface area contributed by atoms with Gasteiger partial charge in [0, 0.05) is 18.6 Å². The molecule has 0 aromatic heterocycles. The van der Waals surface area contributed by atoms with Crippen LogP contribution in [0.2, 0.25) is 0 Å². The normalized spacial score (nSPS) is 39.6. The zero-order chi connectivity index (χ0) is 13.1. The van der Waals surface area contributed by atoms with E-state index in [-0.39, 0.29) is 0 Å². The first-order chi connectivity index (χ1) is 9.38. The van der Waals surface area contributed by atoms with Gasteiger partial charge in [-0.05, 0) is 63.5 Å². The molecule has 19 heavy (non-hydrogen) atoms. The zero-order valence-corrected chi connectivity index (χ0v) is 12.7. The number of rotatable bonds is 5. The maximum absolute atomic E-state index is 3.80. The molecule has 1 N–H and O–H groups in total. The Morgan fingerprint density at radius 1 is 1.00 bits per heavy atom. The predicted octanol–water partition coefficient (Wildman–Crippen LogP) is 3.42. The summed E-state index contributed by atoms with van der Waals surface area (Å²) in [5.41, 5.74) is 0. The molecule has 2 heteroatoms. The number of nitrogens with zero attached hydrogens (tertiary/aromatic N) is 1. The van der Waals surface area contributed by atoms with Gasteiger partial charge in [0.1, 0.15) is 0 Å². The molecule has 3 rings (SSSR count). The molecule has 1 heterocycles. The van der Waals surface area contributed by atoms with Crippen LogP contribution in [0.3, 0.4) is 0 Å². The van der Waals surface area contributed by atoms with E-state index in [1.54, 1.807) is 0 Å². The molecule has 3 fully saturated rings. The van der Waals surface area contributed by atoms with Gasteiger partial charge in [0.2, 0.25) is 0 Å². The van der Waals surface area contributed by atoms with Crippen LogP contribution in [-0.4, -0.2) is 36.6 Å². The molecule has 0 aromatic carbocycles. The fourth-order valence-electron chi connectivity index (χ4n) is 4.88. The molecule has 0 spiro atoms. The fraction of sp³-hybridized carbons (Fsp3) is 1.00. The Kier molecular flexibility index (Phi) is 4.81. The van der Waals surface area contributed by atoms with Gasteiger partial charge < -0.3 is 5.32 Å². The van der Waals surface area contributed by atoms with E-state index < -0.39 is 0 Å². The van der Waals surface area contributed by atoms with Crippen molar-refractivity contribution in [1.82, 2.24) is 10.2 Å². The van der Waals surface area contributed by atoms with E-state index in [0.717, 1.165) is 23.9 Å². The highest BCUT2D eigenvalue weighted by Gasteiger charge is 2.38. The first kappa shape index (κ1) is 13.9. The first-order valence-electron chi connectivity index (χ1n) is 8.86. The molecule has 4 atom stereocenters. The van der Waals surface area contributed by atoms with E-state index in [1.165, 1.54) is 77.4 Å². The van der Waals surface area contributed by atoms with Gasteiger partial charge in [-0.25, -0.2) is 0 Å². The largest absolute Gasteiger partial charge is 0.314 e. The molecule has 2 nitrogen and oxygen atoms in total. The highest BCUT2D eigenvalue weighted by Crippen LogP contribution is 2.38. The Morgan fingerprint density at radius 3 is 2.79 bits per heavy atom. The summed E-state index contributed by atoms with van der Waals surface area (Å²) in [5.74, 6) is 1.99. The van der Waals surface area contributed by atoms with Gasteiger partial charge in [-0.1, -0.05) is 26.2 Å². The number of nitrogens with one attached hydrogen (secondary N) is 1. The van der Waals surface area contributed by atoms with Crippen molar-refractivity contribution in [1.29, 1.82) is 0 Å². The van der Waals surface area contributed by atoms with Crippen molar-refractivity contribution >= 4 is 0 Å². The standard InChI is InChI=1S/C17H32N2/c1-2-11-18-16-8-5-7-15(16)13-19-12-10-14-6-3-4-9-17(14)19/h14-18H,2-13H2,1H3. The third kappa shape index (κ3) is 3.16. The molecule has 1 saturated heterocycles. The van der Waals surface area contributed by atoms with Gasteiger partial charge >= 0.3 is 0 Å². The smallest absolute Gasteiger partial charge is 0.0124 e. The van der Waals surface area contributed by atoms with Gasteiger partial charge in [0.15, 0.2) is 0 Å². The number of fused-ring (bicyclic) bond motifs is 1. The molecule has 0 amide bonds. The fourth-order valence-corrected chi connectivity index (χ4v) is 4.88. The van der Waals surface area contributed by atoms with Gasteiger partial charge in [0.05, 0.1) is 0 Å². The lowest BCUT2D eigenvalue weighted by atomic mass is 9.85. The summed E-state index contributed by atoms with van der Waals surface area (Å²) in [6.07, 6.45) is 13.1. The Balaban J connectivity index is 1.52. The Morgan fingerprint density at radius 2 is 1.89 bits per heavy atom. The third-order valence-electron chi connectivity index (χ3n) is 5.91. The maximum Gasteiger partial charge on any atom is 0.0124 e.